The molecule has 6 nitrogen and oxygen atoms in total. The van der Waals surface area contributed by atoms with E-state index in [0.717, 1.165) is 18.2 Å². The average molecular weight is 325 g/mol. The second-order valence-electron chi connectivity index (χ2n) is 4.54. The van der Waals surface area contributed by atoms with E-state index in [2.05, 4.69) is 5.32 Å². The van der Waals surface area contributed by atoms with Gasteiger partial charge in [0, 0.05) is 23.7 Å². The maximum atomic E-state index is 13.5. The van der Waals surface area contributed by atoms with Gasteiger partial charge in [0.1, 0.15) is 0 Å². The molecule has 0 heterocycles. The first kappa shape index (κ1) is 16.3. The minimum absolute atomic E-state index is 0.0561. The number of carbonyl (C=O) groups excluding carboxylic acids is 1. The van der Waals surface area contributed by atoms with E-state index in [1.54, 1.807) is 0 Å². The van der Waals surface area contributed by atoms with Crippen molar-refractivity contribution < 1.29 is 22.9 Å². The minimum atomic E-state index is -1.64. The van der Waals surface area contributed by atoms with Gasteiger partial charge in [-0.1, -0.05) is 0 Å². The number of halogens is 3. The number of rotatable bonds is 5. The molecule has 2 rings (SSSR count). The molecule has 0 aromatic heterocycles. The van der Waals surface area contributed by atoms with Crippen LogP contribution in [0.25, 0.3) is 0 Å². The number of hydrogen-bond donors (Lipinski definition) is 2. The normalized spacial score (nSPS) is 10.4. The first-order valence-corrected chi connectivity index (χ1v) is 6.25. The Morgan fingerprint density at radius 3 is 2.48 bits per heavy atom. The van der Waals surface area contributed by atoms with E-state index in [9.17, 15) is 28.1 Å². The lowest BCUT2D eigenvalue weighted by Crippen LogP contribution is -2.12. The van der Waals surface area contributed by atoms with Gasteiger partial charge >= 0.3 is 0 Å². The molecule has 0 radical (unpaired) electrons. The molecule has 1 amide bonds. The van der Waals surface area contributed by atoms with E-state index in [1.165, 1.54) is 12.1 Å². The molecule has 0 aliphatic rings. The van der Waals surface area contributed by atoms with Gasteiger partial charge in [0.05, 0.1) is 10.6 Å². The van der Waals surface area contributed by atoms with Gasteiger partial charge in [0.25, 0.3) is 5.69 Å². The number of hydrogen-bond acceptors (Lipinski definition) is 4. The summed E-state index contributed by atoms with van der Waals surface area (Å²) in [6, 6.07) is 5.22. The number of anilines is 1. The first-order chi connectivity index (χ1) is 10.8. The number of benzene rings is 2. The van der Waals surface area contributed by atoms with Crippen LogP contribution in [0.3, 0.4) is 0 Å². The summed E-state index contributed by atoms with van der Waals surface area (Å²) in [5.41, 5.74) is 4.35. The molecular formula is C14H10F3N3O3. The predicted molar refractivity (Wildman–Crippen MR) is 75.3 cm³/mol. The fourth-order valence-corrected chi connectivity index (χ4v) is 1.89. The third-order valence-electron chi connectivity index (χ3n) is 3.07. The Morgan fingerprint density at radius 1 is 1.17 bits per heavy atom. The van der Waals surface area contributed by atoms with Crippen LogP contribution in [0.5, 0.6) is 0 Å². The molecule has 0 aliphatic carbocycles. The van der Waals surface area contributed by atoms with Gasteiger partial charge in [0.2, 0.25) is 5.91 Å². The van der Waals surface area contributed by atoms with Crippen LogP contribution in [0.2, 0.25) is 0 Å². The molecule has 0 aliphatic heterocycles. The van der Waals surface area contributed by atoms with Crippen molar-refractivity contribution in [2.75, 3.05) is 5.32 Å². The molecule has 23 heavy (non-hydrogen) atoms. The van der Waals surface area contributed by atoms with Crippen molar-refractivity contribution in [3.8, 4) is 0 Å². The molecule has 0 spiro atoms. The first-order valence-electron chi connectivity index (χ1n) is 6.25. The number of nitrogens with two attached hydrogens (primary N) is 1. The van der Waals surface area contributed by atoms with E-state index >= 15 is 0 Å². The predicted octanol–water partition coefficient (Wildman–Crippen LogP) is 2.72. The topological polar surface area (TPSA) is 98.3 Å². The smallest absolute Gasteiger partial charge is 0.275 e. The van der Waals surface area contributed by atoms with Crippen LogP contribution in [-0.4, -0.2) is 10.8 Å². The molecule has 0 atom stereocenters. The summed E-state index contributed by atoms with van der Waals surface area (Å²) in [5.74, 6) is -5.25. The number of nitro benzene ring substituents is 1. The maximum absolute atomic E-state index is 13.5. The summed E-state index contributed by atoms with van der Waals surface area (Å²) in [5, 5.41) is 13.5. The molecule has 2 aromatic rings. The number of primary amides is 1. The van der Waals surface area contributed by atoms with Crippen molar-refractivity contribution in [3.63, 3.8) is 0 Å². The fourth-order valence-electron chi connectivity index (χ4n) is 1.89. The molecular weight excluding hydrogens is 315 g/mol. The highest BCUT2D eigenvalue weighted by atomic mass is 19.2. The lowest BCUT2D eigenvalue weighted by Gasteiger charge is -2.09. The van der Waals surface area contributed by atoms with Gasteiger partial charge in [-0.3, -0.25) is 14.9 Å². The van der Waals surface area contributed by atoms with E-state index in [0.29, 0.717) is 0 Å². The zero-order valence-electron chi connectivity index (χ0n) is 11.5. The van der Waals surface area contributed by atoms with Crippen molar-refractivity contribution >= 4 is 17.3 Å². The second-order valence-corrected chi connectivity index (χ2v) is 4.54. The quantitative estimate of drug-likeness (QED) is 0.501. The van der Waals surface area contributed by atoms with E-state index in [-0.39, 0.29) is 23.4 Å². The number of amides is 1. The zero-order valence-corrected chi connectivity index (χ0v) is 11.5. The molecule has 3 N–H and O–H groups in total. The Hall–Kier alpha value is -3.10. The number of nitro groups is 1. The van der Waals surface area contributed by atoms with Crippen LogP contribution in [0.4, 0.5) is 24.5 Å². The molecule has 0 saturated heterocycles. The van der Waals surface area contributed by atoms with Gasteiger partial charge in [-0.25, -0.2) is 13.2 Å². The standard InChI is InChI=1S/C14H10F3N3O3/c15-9-3-4-10(13(17)12(9)16)19-6-8-2-1-7(14(18)21)5-11(8)20(22)23/h1-5,19H,6H2,(H2,18,21). The van der Waals surface area contributed by atoms with E-state index in [1.807, 2.05) is 0 Å². The summed E-state index contributed by atoms with van der Waals surface area (Å²) in [6.07, 6.45) is 0. The van der Waals surface area contributed by atoms with Crippen molar-refractivity contribution in [2.45, 2.75) is 6.54 Å². The molecule has 120 valence electrons. The fraction of sp³-hybridized carbons (Fsp3) is 0.0714. The highest BCUT2D eigenvalue weighted by Crippen LogP contribution is 2.24. The SMILES string of the molecule is NC(=O)c1ccc(CNc2ccc(F)c(F)c2F)c([N+](=O)[O-])c1. The van der Waals surface area contributed by atoms with Crippen LogP contribution in [0.1, 0.15) is 15.9 Å². The van der Waals surface area contributed by atoms with Gasteiger partial charge in [-0.05, 0) is 24.3 Å². The highest BCUT2D eigenvalue weighted by molar-refractivity contribution is 5.93. The Bertz CT molecular complexity index is 796. The number of carbonyl (C=O) groups is 1. The summed E-state index contributed by atoms with van der Waals surface area (Å²) >= 11 is 0. The monoisotopic (exact) mass is 325 g/mol. The second kappa shape index (κ2) is 6.34. The summed E-state index contributed by atoms with van der Waals surface area (Å²) in [6.45, 7) is -0.239. The largest absolute Gasteiger partial charge is 0.378 e. The Balaban J connectivity index is 2.29. The summed E-state index contributed by atoms with van der Waals surface area (Å²) in [4.78, 5) is 21.3. The van der Waals surface area contributed by atoms with Crippen molar-refractivity contribution in [3.05, 3.63) is 69.0 Å². The van der Waals surface area contributed by atoms with Gasteiger partial charge < -0.3 is 11.1 Å². The zero-order chi connectivity index (χ0) is 17.1. The molecule has 0 bridgehead atoms. The van der Waals surface area contributed by atoms with Crippen LogP contribution in [0.15, 0.2) is 30.3 Å². The molecule has 0 fully saturated rings. The highest BCUT2D eigenvalue weighted by Gasteiger charge is 2.18. The van der Waals surface area contributed by atoms with Crippen molar-refractivity contribution in [1.29, 1.82) is 0 Å². The average Bonchev–Trinajstić information content (AvgIpc) is 2.51. The molecule has 0 unspecified atom stereocenters. The van der Waals surface area contributed by atoms with Gasteiger partial charge in [0.15, 0.2) is 17.5 Å². The lowest BCUT2D eigenvalue weighted by atomic mass is 10.1. The Labute approximate surface area is 127 Å². The molecule has 0 saturated carbocycles. The Morgan fingerprint density at radius 2 is 1.87 bits per heavy atom. The van der Waals surface area contributed by atoms with Crippen molar-refractivity contribution in [2.24, 2.45) is 5.73 Å². The van der Waals surface area contributed by atoms with Crippen LogP contribution < -0.4 is 11.1 Å². The van der Waals surface area contributed by atoms with Crippen LogP contribution in [-0.2, 0) is 6.54 Å². The third kappa shape index (κ3) is 3.39. The third-order valence-corrected chi connectivity index (χ3v) is 3.07. The van der Waals surface area contributed by atoms with Gasteiger partial charge in [-0.2, -0.15) is 0 Å². The van der Waals surface area contributed by atoms with Crippen molar-refractivity contribution in [1.82, 2.24) is 0 Å². The maximum Gasteiger partial charge on any atom is 0.275 e. The Kier molecular flexibility index (Phi) is 4.49. The minimum Gasteiger partial charge on any atom is -0.378 e. The lowest BCUT2D eigenvalue weighted by molar-refractivity contribution is -0.385. The van der Waals surface area contributed by atoms with Crippen LogP contribution >= 0.6 is 0 Å². The summed E-state index contributed by atoms with van der Waals surface area (Å²) in [7, 11) is 0. The van der Waals surface area contributed by atoms with Gasteiger partial charge in [-0.15, -0.1) is 0 Å². The number of nitrogens with zero attached hydrogens (tertiary/aromatic N) is 1. The van der Waals surface area contributed by atoms with E-state index < -0.39 is 34.0 Å². The number of nitrogens with one attached hydrogen (secondary N) is 1. The molecule has 9 heteroatoms. The van der Waals surface area contributed by atoms with E-state index in [4.69, 9.17) is 5.73 Å². The van der Waals surface area contributed by atoms with Crippen LogP contribution in [0, 0.1) is 27.6 Å². The molecule has 2 aromatic carbocycles. The summed E-state index contributed by atoms with van der Waals surface area (Å²) < 4.78 is 39.5.